The molecule has 0 N–H and O–H groups in total. The monoisotopic (exact) mass is 438 g/mol. The summed E-state index contributed by atoms with van der Waals surface area (Å²) in [6.07, 6.45) is 1.72. The highest BCUT2D eigenvalue weighted by Gasteiger charge is 2.30. The zero-order valence-corrected chi connectivity index (χ0v) is 18.2. The van der Waals surface area contributed by atoms with Crippen molar-refractivity contribution in [1.82, 2.24) is 20.0 Å². The molecular weight excluding hydrogens is 412 g/mol. The lowest BCUT2D eigenvalue weighted by Crippen LogP contribution is -2.39. The van der Waals surface area contributed by atoms with Gasteiger partial charge in [0.25, 0.3) is 11.8 Å². The maximum atomic E-state index is 13.1. The fourth-order valence-electron chi connectivity index (χ4n) is 3.72. The van der Waals surface area contributed by atoms with Crippen LogP contribution in [0.5, 0.6) is 11.8 Å². The molecular formula is C23H26N4O5. The number of rotatable bonds is 8. The Morgan fingerprint density at radius 3 is 2.72 bits per heavy atom. The van der Waals surface area contributed by atoms with Gasteiger partial charge in [0.15, 0.2) is 5.82 Å². The van der Waals surface area contributed by atoms with E-state index in [1.807, 2.05) is 30.3 Å². The lowest BCUT2D eigenvalue weighted by Gasteiger charge is -2.31. The smallest absolute Gasteiger partial charge is 0.259 e. The van der Waals surface area contributed by atoms with Crippen LogP contribution < -0.4 is 9.47 Å². The second-order valence-electron chi connectivity index (χ2n) is 7.53. The molecule has 0 saturated carbocycles. The number of benzene rings is 1. The number of hydrogen-bond acceptors (Lipinski definition) is 8. The van der Waals surface area contributed by atoms with Gasteiger partial charge in [0.1, 0.15) is 12.2 Å². The number of carbonyl (C=O) groups excluding carboxylic acids is 1. The first kappa shape index (κ1) is 21.8. The minimum absolute atomic E-state index is 0.00322. The summed E-state index contributed by atoms with van der Waals surface area (Å²) < 4.78 is 21.4. The van der Waals surface area contributed by atoms with Gasteiger partial charge in [-0.15, -0.1) is 0 Å². The van der Waals surface area contributed by atoms with Crippen LogP contribution in [0.1, 0.15) is 46.4 Å². The van der Waals surface area contributed by atoms with E-state index in [9.17, 15) is 4.79 Å². The van der Waals surface area contributed by atoms with E-state index in [0.717, 1.165) is 18.4 Å². The van der Waals surface area contributed by atoms with Crippen LogP contribution in [0.25, 0.3) is 0 Å². The normalized spacial score (nSPS) is 16.1. The van der Waals surface area contributed by atoms with Gasteiger partial charge in [-0.3, -0.25) is 4.79 Å². The van der Waals surface area contributed by atoms with Crippen molar-refractivity contribution in [3.05, 3.63) is 65.3 Å². The molecule has 1 fully saturated rings. The first-order chi connectivity index (χ1) is 15.7. The van der Waals surface area contributed by atoms with Gasteiger partial charge < -0.3 is 23.6 Å². The van der Waals surface area contributed by atoms with Crippen molar-refractivity contribution >= 4 is 5.91 Å². The topological polar surface area (TPSA) is 99.8 Å². The Labute approximate surface area is 186 Å². The van der Waals surface area contributed by atoms with Crippen molar-refractivity contribution in [2.45, 2.75) is 32.0 Å². The predicted octanol–water partition coefficient (Wildman–Crippen LogP) is 3.22. The summed E-state index contributed by atoms with van der Waals surface area (Å²) in [5, 5.41) is 4.13. The Balaban J connectivity index is 1.37. The quantitative estimate of drug-likeness (QED) is 0.529. The highest BCUT2D eigenvalue weighted by Crippen LogP contribution is 2.28. The SMILES string of the molecule is COc1ccc(C(=O)N2CCCC(c3noc(COCc4ccccc4)n3)C2)c(OC)n1. The second-order valence-corrected chi connectivity index (χ2v) is 7.53. The van der Waals surface area contributed by atoms with Crippen molar-refractivity contribution < 1.29 is 23.5 Å². The van der Waals surface area contributed by atoms with Crippen LogP contribution in [0.2, 0.25) is 0 Å². The molecule has 2 aromatic heterocycles. The molecule has 9 heteroatoms. The molecule has 32 heavy (non-hydrogen) atoms. The van der Waals surface area contributed by atoms with Crippen LogP contribution in [0.4, 0.5) is 0 Å². The highest BCUT2D eigenvalue weighted by atomic mass is 16.5. The van der Waals surface area contributed by atoms with Crippen LogP contribution in [-0.4, -0.2) is 53.2 Å². The number of methoxy groups -OCH3 is 2. The Kier molecular flexibility index (Phi) is 6.96. The van der Waals surface area contributed by atoms with Gasteiger partial charge in [-0.1, -0.05) is 35.5 Å². The third-order valence-electron chi connectivity index (χ3n) is 5.36. The Morgan fingerprint density at radius 1 is 1.09 bits per heavy atom. The molecule has 1 atom stereocenters. The van der Waals surface area contributed by atoms with E-state index in [-0.39, 0.29) is 24.3 Å². The molecule has 1 aliphatic heterocycles. The average molecular weight is 438 g/mol. The van der Waals surface area contributed by atoms with Crippen LogP contribution >= 0.6 is 0 Å². The second kappa shape index (κ2) is 10.2. The number of hydrogen-bond donors (Lipinski definition) is 0. The highest BCUT2D eigenvalue weighted by molar-refractivity contribution is 5.96. The molecule has 0 radical (unpaired) electrons. The van der Waals surface area contributed by atoms with Crippen LogP contribution in [0, 0.1) is 0 Å². The molecule has 1 unspecified atom stereocenters. The predicted molar refractivity (Wildman–Crippen MR) is 114 cm³/mol. The third kappa shape index (κ3) is 5.05. The van der Waals surface area contributed by atoms with Crippen molar-refractivity contribution in [2.24, 2.45) is 0 Å². The van der Waals surface area contributed by atoms with E-state index in [1.54, 1.807) is 17.0 Å². The fourth-order valence-corrected chi connectivity index (χ4v) is 3.72. The number of aromatic nitrogens is 3. The lowest BCUT2D eigenvalue weighted by atomic mass is 9.97. The fraction of sp³-hybridized carbons (Fsp3) is 0.391. The van der Waals surface area contributed by atoms with Crippen LogP contribution in [0.15, 0.2) is 47.0 Å². The number of amides is 1. The van der Waals surface area contributed by atoms with E-state index in [2.05, 4.69) is 15.1 Å². The number of pyridine rings is 1. The molecule has 0 bridgehead atoms. The largest absolute Gasteiger partial charge is 0.481 e. The zero-order valence-electron chi connectivity index (χ0n) is 18.2. The van der Waals surface area contributed by atoms with Crippen molar-refractivity contribution in [1.29, 1.82) is 0 Å². The molecule has 0 aliphatic carbocycles. The summed E-state index contributed by atoms with van der Waals surface area (Å²) >= 11 is 0. The Bertz CT molecular complexity index is 1040. The molecule has 9 nitrogen and oxygen atoms in total. The molecule has 1 saturated heterocycles. The zero-order chi connectivity index (χ0) is 22.3. The summed E-state index contributed by atoms with van der Waals surface area (Å²) in [4.78, 5) is 23.6. The number of ether oxygens (including phenoxy) is 3. The number of piperidine rings is 1. The van der Waals surface area contributed by atoms with Gasteiger partial charge in [-0.05, 0) is 24.5 Å². The lowest BCUT2D eigenvalue weighted by molar-refractivity contribution is 0.0699. The maximum Gasteiger partial charge on any atom is 0.259 e. The number of nitrogens with zero attached hydrogens (tertiary/aromatic N) is 4. The summed E-state index contributed by atoms with van der Waals surface area (Å²) in [5.74, 6) is 1.52. The van der Waals surface area contributed by atoms with E-state index < -0.39 is 0 Å². The maximum absolute atomic E-state index is 13.1. The summed E-state index contributed by atoms with van der Waals surface area (Å²) in [6, 6.07) is 13.2. The van der Waals surface area contributed by atoms with Gasteiger partial charge in [0.05, 0.1) is 20.8 Å². The van der Waals surface area contributed by atoms with Gasteiger partial charge in [0, 0.05) is 25.1 Å². The number of likely N-dealkylation sites (tertiary alicyclic amines) is 1. The molecule has 1 aromatic carbocycles. The van der Waals surface area contributed by atoms with Crippen molar-refractivity contribution in [3.8, 4) is 11.8 Å². The van der Waals surface area contributed by atoms with E-state index in [4.69, 9.17) is 18.7 Å². The van der Waals surface area contributed by atoms with Gasteiger partial charge in [-0.25, -0.2) is 0 Å². The third-order valence-corrected chi connectivity index (χ3v) is 5.36. The first-order valence-electron chi connectivity index (χ1n) is 10.5. The van der Waals surface area contributed by atoms with Gasteiger partial charge in [0.2, 0.25) is 11.8 Å². The summed E-state index contributed by atoms with van der Waals surface area (Å²) in [6.45, 7) is 1.86. The average Bonchev–Trinajstić information content (AvgIpc) is 3.33. The molecule has 0 spiro atoms. The first-order valence-corrected chi connectivity index (χ1v) is 10.5. The van der Waals surface area contributed by atoms with Crippen molar-refractivity contribution in [3.63, 3.8) is 0 Å². The van der Waals surface area contributed by atoms with Crippen LogP contribution in [-0.2, 0) is 18.0 Å². The summed E-state index contributed by atoms with van der Waals surface area (Å²) in [5.41, 5.74) is 1.48. The van der Waals surface area contributed by atoms with Crippen LogP contribution in [0.3, 0.4) is 0 Å². The summed E-state index contributed by atoms with van der Waals surface area (Å²) in [7, 11) is 3.00. The molecule has 168 valence electrons. The molecule has 3 aromatic rings. The Hall–Kier alpha value is -3.46. The molecule has 1 aliphatic rings. The molecule has 4 rings (SSSR count). The standard InChI is InChI=1S/C23H26N4O5/c1-29-19-11-10-18(22(25-19)30-2)23(28)27-12-6-9-17(13-27)21-24-20(32-26-21)15-31-14-16-7-4-3-5-8-16/h3-5,7-8,10-11,17H,6,9,12-15H2,1-2H3. The van der Waals surface area contributed by atoms with E-state index >= 15 is 0 Å². The van der Waals surface area contributed by atoms with Gasteiger partial charge >= 0.3 is 0 Å². The minimum atomic E-state index is -0.142. The molecule has 1 amide bonds. The Morgan fingerprint density at radius 2 is 1.94 bits per heavy atom. The van der Waals surface area contributed by atoms with Gasteiger partial charge in [-0.2, -0.15) is 9.97 Å². The molecule has 3 heterocycles. The van der Waals surface area contributed by atoms with E-state index in [1.165, 1.54) is 14.2 Å². The van der Waals surface area contributed by atoms with E-state index in [0.29, 0.717) is 42.9 Å². The minimum Gasteiger partial charge on any atom is -0.481 e. The van der Waals surface area contributed by atoms with Crippen molar-refractivity contribution in [2.75, 3.05) is 27.3 Å². The number of carbonyl (C=O) groups is 1.